The molecule has 0 spiro atoms. The Morgan fingerprint density at radius 3 is 2.38 bits per heavy atom. The number of carbonyl (C=O) groups is 1. The zero-order chi connectivity index (χ0) is 6.31. The molecule has 1 fully saturated rings. The van der Waals surface area contributed by atoms with Gasteiger partial charge in [-0.05, 0) is 0 Å². The molecule has 3 nitrogen and oxygen atoms in total. The molecule has 0 aromatic carbocycles. The number of hydrogen-bond acceptors (Lipinski definition) is 3. The number of Topliss-reactive ketones (excluding diaryl/α,β-unsaturated/α-hetero) is 1. The molecule has 0 aromatic heterocycles. The largest absolute Gasteiger partial charge is 0.390 e. The van der Waals surface area contributed by atoms with Crippen LogP contribution in [0.4, 0.5) is 0 Å². The summed E-state index contributed by atoms with van der Waals surface area (Å²) in [6.07, 6.45) is -0.595. The van der Waals surface area contributed by atoms with Crippen LogP contribution in [0, 0.1) is 5.92 Å². The molecule has 3 heteroatoms. The first-order valence-corrected chi connectivity index (χ1v) is 2.62. The van der Waals surface area contributed by atoms with Gasteiger partial charge in [0.05, 0.1) is 12.1 Å². The highest BCUT2D eigenvalue weighted by Crippen LogP contribution is 2.20. The number of ketones is 1. The summed E-state index contributed by atoms with van der Waals surface area (Å²) in [7, 11) is 0. The fourth-order valence-electron chi connectivity index (χ4n) is 0.833. The van der Waals surface area contributed by atoms with Crippen molar-refractivity contribution in [3.05, 3.63) is 0 Å². The molecule has 0 bridgehead atoms. The predicted octanol–water partition coefficient (Wildman–Crippen LogP) is -1.11. The van der Waals surface area contributed by atoms with E-state index in [0.717, 1.165) is 0 Å². The van der Waals surface area contributed by atoms with Crippen LogP contribution in [0.25, 0.3) is 0 Å². The summed E-state index contributed by atoms with van der Waals surface area (Å²) in [5.74, 6) is -0.262. The maximum Gasteiger partial charge on any atom is 0.157 e. The molecule has 2 unspecified atom stereocenters. The Labute approximate surface area is 47.5 Å². The van der Waals surface area contributed by atoms with Gasteiger partial charge in [-0.2, -0.15) is 0 Å². The molecular weight excluding hydrogens is 106 g/mol. The van der Waals surface area contributed by atoms with Crippen LogP contribution in [0.15, 0.2) is 0 Å². The first-order valence-electron chi connectivity index (χ1n) is 2.62. The van der Waals surface area contributed by atoms with Gasteiger partial charge in [0.25, 0.3) is 0 Å². The number of nitrogens with two attached hydrogens (primary N) is 1. The molecule has 0 aromatic rings. The number of aliphatic hydroxyl groups excluding tert-OH is 1. The van der Waals surface area contributed by atoms with Gasteiger partial charge < -0.3 is 10.8 Å². The van der Waals surface area contributed by atoms with Crippen molar-refractivity contribution >= 4 is 5.78 Å². The van der Waals surface area contributed by atoms with Crippen molar-refractivity contribution in [2.75, 3.05) is 0 Å². The molecule has 0 aliphatic heterocycles. The molecule has 0 radical (unpaired) electrons. The van der Waals surface area contributed by atoms with E-state index in [1.165, 1.54) is 0 Å². The number of carbonyl (C=O) groups excluding carboxylic acids is 1. The Bertz CT molecular complexity index is 112. The van der Waals surface area contributed by atoms with Gasteiger partial charge in [0.2, 0.25) is 0 Å². The minimum Gasteiger partial charge on any atom is -0.390 e. The van der Waals surface area contributed by atoms with Crippen LogP contribution in [-0.2, 0) is 4.79 Å². The molecule has 1 aliphatic rings. The van der Waals surface area contributed by atoms with Crippen molar-refractivity contribution in [3.8, 4) is 0 Å². The lowest BCUT2D eigenvalue weighted by Crippen LogP contribution is -2.60. The summed E-state index contributed by atoms with van der Waals surface area (Å²) in [6.45, 7) is 1.68. The van der Waals surface area contributed by atoms with Crippen molar-refractivity contribution in [1.82, 2.24) is 0 Å². The summed E-state index contributed by atoms with van der Waals surface area (Å²) in [6, 6.07) is -0.606. The highest BCUT2D eigenvalue weighted by Gasteiger charge is 2.43. The summed E-state index contributed by atoms with van der Waals surface area (Å²) >= 11 is 0. The third-order valence-electron chi connectivity index (χ3n) is 1.66. The van der Waals surface area contributed by atoms with E-state index in [1.54, 1.807) is 6.92 Å². The smallest absolute Gasteiger partial charge is 0.157 e. The van der Waals surface area contributed by atoms with Crippen LogP contribution in [0.2, 0.25) is 0 Å². The van der Waals surface area contributed by atoms with Gasteiger partial charge in [0.1, 0.15) is 0 Å². The second kappa shape index (κ2) is 1.53. The summed E-state index contributed by atoms with van der Waals surface area (Å²) in [4.78, 5) is 10.5. The first kappa shape index (κ1) is 5.72. The van der Waals surface area contributed by atoms with Gasteiger partial charge in [0.15, 0.2) is 5.78 Å². The minimum absolute atomic E-state index is 0.0301. The maximum atomic E-state index is 10.5. The van der Waals surface area contributed by atoms with Crippen LogP contribution >= 0.6 is 0 Å². The van der Waals surface area contributed by atoms with E-state index in [-0.39, 0.29) is 11.7 Å². The Morgan fingerprint density at radius 2 is 2.25 bits per heavy atom. The lowest BCUT2D eigenvalue weighted by Gasteiger charge is -2.34. The topological polar surface area (TPSA) is 63.3 Å². The average Bonchev–Trinajstić information content (AvgIpc) is 1.83. The van der Waals surface area contributed by atoms with Crippen LogP contribution in [0.5, 0.6) is 0 Å². The van der Waals surface area contributed by atoms with E-state index in [0.29, 0.717) is 0 Å². The third-order valence-corrected chi connectivity index (χ3v) is 1.66. The molecule has 1 saturated carbocycles. The standard InChI is InChI=1S/C5H9NO2/c1-2-4(7)3(6)5(2)8/h2-4,7H,6H2,1H3/t2?,3-,4?/m0/s1. The first-order chi connectivity index (χ1) is 3.64. The van der Waals surface area contributed by atoms with Crippen molar-refractivity contribution in [2.45, 2.75) is 19.1 Å². The Hall–Kier alpha value is -0.410. The van der Waals surface area contributed by atoms with Crippen molar-refractivity contribution in [2.24, 2.45) is 11.7 Å². The molecule has 3 N–H and O–H groups in total. The summed E-state index contributed by atoms with van der Waals surface area (Å²) in [5.41, 5.74) is 5.16. The highest BCUT2D eigenvalue weighted by atomic mass is 16.3. The average molecular weight is 115 g/mol. The van der Waals surface area contributed by atoms with Gasteiger partial charge in [-0.15, -0.1) is 0 Å². The maximum absolute atomic E-state index is 10.5. The second-order valence-corrected chi connectivity index (χ2v) is 2.21. The van der Waals surface area contributed by atoms with E-state index in [1.807, 2.05) is 0 Å². The van der Waals surface area contributed by atoms with Gasteiger partial charge in [-0.25, -0.2) is 0 Å². The van der Waals surface area contributed by atoms with E-state index >= 15 is 0 Å². The van der Waals surface area contributed by atoms with Crippen molar-refractivity contribution in [1.29, 1.82) is 0 Å². The van der Waals surface area contributed by atoms with E-state index < -0.39 is 12.1 Å². The van der Waals surface area contributed by atoms with Crippen LogP contribution in [0.1, 0.15) is 6.92 Å². The van der Waals surface area contributed by atoms with E-state index in [2.05, 4.69) is 0 Å². The quantitative estimate of drug-likeness (QED) is 0.421. The lowest BCUT2D eigenvalue weighted by atomic mass is 9.77. The molecule has 1 rings (SSSR count). The SMILES string of the molecule is CC1C(=O)[C@@H](N)C1O. The van der Waals surface area contributed by atoms with E-state index in [9.17, 15) is 4.79 Å². The fraction of sp³-hybridized carbons (Fsp3) is 0.800. The van der Waals surface area contributed by atoms with Gasteiger partial charge in [-0.3, -0.25) is 4.79 Å². The molecule has 0 amide bonds. The van der Waals surface area contributed by atoms with Gasteiger partial charge in [0, 0.05) is 5.92 Å². The molecule has 0 saturated heterocycles. The molecule has 1 aliphatic carbocycles. The van der Waals surface area contributed by atoms with Gasteiger partial charge in [-0.1, -0.05) is 6.92 Å². The fourth-order valence-corrected chi connectivity index (χ4v) is 0.833. The minimum atomic E-state index is -0.606. The Balaban J connectivity index is 2.55. The lowest BCUT2D eigenvalue weighted by molar-refractivity contribution is -0.141. The zero-order valence-electron chi connectivity index (χ0n) is 4.66. The molecule has 46 valence electrons. The molecule has 8 heavy (non-hydrogen) atoms. The number of rotatable bonds is 0. The second-order valence-electron chi connectivity index (χ2n) is 2.21. The van der Waals surface area contributed by atoms with Crippen LogP contribution < -0.4 is 5.73 Å². The normalized spacial score (nSPS) is 46.4. The van der Waals surface area contributed by atoms with Gasteiger partial charge >= 0.3 is 0 Å². The predicted molar refractivity (Wildman–Crippen MR) is 28.2 cm³/mol. The monoisotopic (exact) mass is 115 g/mol. The summed E-state index contributed by atoms with van der Waals surface area (Å²) < 4.78 is 0. The Kier molecular flexibility index (Phi) is 1.10. The van der Waals surface area contributed by atoms with Crippen molar-refractivity contribution < 1.29 is 9.90 Å². The van der Waals surface area contributed by atoms with Crippen molar-refractivity contribution in [3.63, 3.8) is 0 Å². The molecule has 0 heterocycles. The summed E-state index contributed by atoms with van der Waals surface area (Å²) in [5, 5.41) is 8.81. The van der Waals surface area contributed by atoms with Crippen LogP contribution in [-0.4, -0.2) is 23.0 Å². The third kappa shape index (κ3) is 0.485. The zero-order valence-corrected chi connectivity index (χ0v) is 4.66. The highest BCUT2D eigenvalue weighted by molar-refractivity contribution is 5.93. The molecule has 3 atom stereocenters. The molecular formula is C5H9NO2. The Morgan fingerprint density at radius 1 is 1.75 bits per heavy atom. The van der Waals surface area contributed by atoms with Crippen LogP contribution in [0.3, 0.4) is 0 Å². The van der Waals surface area contributed by atoms with E-state index in [4.69, 9.17) is 10.8 Å². The number of hydrogen-bond donors (Lipinski definition) is 2. The number of aliphatic hydroxyl groups is 1.